The zero-order chi connectivity index (χ0) is 16.0. The number of anilines is 1. The van der Waals surface area contributed by atoms with Gasteiger partial charge in [0.2, 0.25) is 5.95 Å². The molecule has 0 amide bonds. The number of rotatable bonds is 2. The van der Waals surface area contributed by atoms with E-state index in [2.05, 4.69) is 10.1 Å². The SMILES string of the molecule is COc1cccc2c1nc(N)n1nc([C@H]3CCC[C@H](N)C3)nc21. The molecule has 2 atom stereocenters. The summed E-state index contributed by atoms with van der Waals surface area (Å²) in [5.74, 6) is 2.10. The number of para-hydroxylation sites is 1. The average Bonchev–Trinajstić information content (AvgIpc) is 3.01. The Balaban J connectivity index is 1.90. The van der Waals surface area contributed by atoms with Crippen LogP contribution in [0.5, 0.6) is 5.75 Å². The second kappa shape index (κ2) is 5.34. The molecule has 23 heavy (non-hydrogen) atoms. The van der Waals surface area contributed by atoms with Gasteiger partial charge in [0.15, 0.2) is 11.5 Å². The van der Waals surface area contributed by atoms with Crippen LogP contribution in [0.3, 0.4) is 0 Å². The van der Waals surface area contributed by atoms with Gasteiger partial charge in [-0.15, -0.1) is 5.10 Å². The molecule has 0 spiro atoms. The van der Waals surface area contributed by atoms with Crippen molar-refractivity contribution in [2.45, 2.75) is 37.6 Å². The number of hydrogen-bond acceptors (Lipinski definition) is 6. The lowest BCUT2D eigenvalue weighted by Crippen LogP contribution is -2.27. The van der Waals surface area contributed by atoms with Crippen molar-refractivity contribution in [3.05, 3.63) is 24.0 Å². The van der Waals surface area contributed by atoms with Gasteiger partial charge in [0.25, 0.3) is 0 Å². The number of fused-ring (bicyclic) bond motifs is 3. The van der Waals surface area contributed by atoms with Gasteiger partial charge in [-0.3, -0.25) is 0 Å². The Morgan fingerprint density at radius 2 is 2.13 bits per heavy atom. The van der Waals surface area contributed by atoms with Gasteiger partial charge in [-0.2, -0.15) is 4.52 Å². The van der Waals surface area contributed by atoms with Crippen LogP contribution in [0.15, 0.2) is 18.2 Å². The maximum Gasteiger partial charge on any atom is 0.223 e. The summed E-state index contributed by atoms with van der Waals surface area (Å²) in [6.07, 6.45) is 4.18. The number of nitrogens with two attached hydrogens (primary N) is 2. The van der Waals surface area contributed by atoms with Crippen LogP contribution in [0, 0.1) is 0 Å². The molecule has 1 fully saturated rings. The molecular formula is C16H20N6O. The van der Waals surface area contributed by atoms with Crippen molar-refractivity contribution in [3.8, 4) is 5.75 Å². The second-order valence-electron chi connectivity index (χ2n) is 6.16. The third kappa shape index (κ3) is 2.28. The lowest BCUT2D eigenvalue weighted by atomic mass is 9.86. The first kappa shape index (κ1) is 14.2. The topological polar surface area (TPSA) is 104 Å². The summed E-state index contributed by atoms with van der Waals surface area (Å²) in [6.45, 7) is 0. The van der Waals surface area contributed by atoms with Crippen LogP contribution in [0.1, 0.15) is 37.4 Å². The Kier molecular flexibility index (Phi) is 3.30. The fourth-order valence-electron chi connectivity index (χ4n) is 3.44. The van der Waals surface area contributed by atoms with Gasteiger partial charge in [0.05, 0.1) is 7.11 Å². The number of methoxy groups -OCH3 is 1. The summed E-state index contributed by atoms with van der Waals surface area (Å²) < 4.78 is 7.00. The van der Waals surface area contributed by atoms with Crippen LogP contribution in [0.2, 0.25) is 0 Å². The van der Waals surface area contributed by atoms with Crippen molar-refractivity contribution < 1.29 is 4.74 Å². The van der Waals surface area contributed by atoms with E-state index >= 15 is 0 Å². The Bertz CT molecular complexity index is 874. The number of hydrogen-bond donors (Lipinski definition) is 2. The molecule has 7 heteroatoms. The number of nitrogen functional groups attached to an aromatic ring is 1. The Morgan fingerprint density at radius 1 is 1.26 bits per heavy atom. The summed E-state index contributed by atoms with van der Waals surface area (Å²) in [6, 6.07) is 5.98. The highest BCUT2D eigenvalue weighted by Crippen LogP contribution is 2.32. The molecule has 2 heterocycles. The van der Waals surface area contributed by atoms with Gasteiger partial charge in [0, 0.05) is 17.3 Å². The minimum Gasteiger partial charge on any atom is -0.494 e. The molecule has 0 unspecified atom stereocenters. The maximum atomic E-state index is 6.10. The van der Waals surface area contributed by atoms with Gasteiger partial charge in [-0.1, -0.05) is 12.5 Å². The first-order valence-corrected chi connectivity index (χ1v) is 7.92. The van der Waals surface area contributed by atoms with E-state index in [0.29, 0.717) is 23.1 Å². The Labute approximate surface area is 133 Å². The largest absolute Gasteiger partial charge is 0.494 e. The summed E-state index contributed by atoms with van der Waals surface area (Å²) in [5, 5.41) is 5.48. The number of ether oxygens (including phenoxy) is 1. The Morgan fingerprint density at radius 3 is 2.91 bits per heavy atom. The van der Waals surface area contributed by atoms with Crippen LogP contribution < -0.4 is 16.2 Å². The van der Waals surface area contributed by atoms with E-state index in [4.69, 9.17) is 21.2 Å². The molecule has 4 rings (SSSR count). The van der Waals surface area contributed by atoms with Crippen molar-refractivity contribution >= 4 is 22.5 Å². The smallest absolute Gasteiger partial charge is 0.223 e. The van der Waals surface area contributed by atoms with Crippen molar-refractivity contribution in [1.29, 1.82) is 0 Å². The van der Waals surface area contributed by atoms with E-state index in [1.807, 2.05) is 18.2 Å². The third-order valence-corrected chi connectivity index (χ3v) is 4.61. The summed E-state index contributed by atoms with van der Waals surface area (Å²) in [5.41, 5.74) is 13.6. The minimum absolute atomic E-state index is 0.229. The average molecular weight is 312 g/mol. The van der Waals surface area contributed by atoms with E-state index in [-0.39, 0.29) is 6.04 Å². The predicted molar refractivity (Wildman–Crippen MR) is 88.4 cm³/mol. The molecule has 0 aliphatic heterocycles. The molecule has 0 saturated heterocycles. The first-order valence-electron chi connectivity index (χ1n) is 7.92. The molecular weight excluding hydrogens is 292 g/mol. The highest BCUT2D eigenvalue weighted by atomic mass is 16.5. The molecule has 1 aromatic carbocycles. The van der Waals surface area contributed by atoms with E-state index in [1.165, 1.54) is 0 Å². The maximum absolute atomic E-state index is 6.10. The molecule has 0 radical (unpaired) electrons. The van der Waals surface area contributed by atoms with Gasteiger partial charge in [-0.05, 0) is 31.4 Å². The zero-order valence-corrected chi connectivity index (χ0v) is 13.1. The number of benzene rings is 1. The van der Waals surface area contributed by atoms with E-state index < -0.39 is 0 Å². The lowest BCUT2D eigenvalue weighted by Gasteiger charge is -2.24. The number of aromatic nitrogens is 4. The van der Waals surface area contributed by atoms with Crippen molar-refractivity contribution in [1.82, 2.24) is 19.6 Å². The summed E-state index contributed by atoms with van der Waals surface area (Å²) >= 11 is 0. The molecule has 1 aliphatic rings. The van der Waals surface area contributed by atoms with Crippen LogP contribution in [-0.4, -0.2) is 32.7 Å². The first-order chi connectivity index (χ1) is 11.2. The lowest BCUT2D eigenvalue weighted by molar-refractivity contribution is 0.382. The van der Waals surface area contributed by atoms with Crippen LogP contribution in [0.25, 0.3) is 16.6 Å². The van der Waals surface area contributed by atoms with E-state index in [1.54, 1.807) is 11.6 Å². The normalized spacial score (nSPS) is 21.8. The van der Waals surface area contributed by atoms with Crippen LogP contribution in [0.4, 0.5) is 5.95 Å². The zero-order valence-electron chi connectivity index (χ0n) is 13.1. The highest BCUT2D eigenvalue weighted by molar-refractivity contribution is 5.95. The Hall–Kier alpha value is -2.41. The fourth-order valence-corrected chi connectivity index (χ4v) is 3.44. The van der Waals surface area contributed by atoms with E-state index in [0.717, 1.165) is 42.5 Å². The molecule has 4 N–H and O–H groups in total. The molecule has 1 aliphatic carbocycles. The standard InChI is InChI=1S/C16H20N6O/c1-23-12-7-3-6-11-13(12)19-16(18)22-15(11)20-14(21-22)9-4-2-5-10(17)8-9/h3,6-7,9-10H,2,4-5,8,17H2,1H3,(H2,18,19)/t9-,10-/m0/s1. The summed E-state index contributed by atoms with van der Waals surface area (Å²) in [7, 11) is 1.62. The predicted octanol–water partition coefficient (Wildman–Crippen LogP) is 1.85. The third-order valence-electron chi connectivity index (χ3n) is 4.61. The van der Waals surface area contributed by atoms with Crippen molar-refractivity contribution in [2.24, 2.45) is 5.73 Å². The quantitative estimate of drug-likeness (QED) is 0.748. The molecule has 7 nitrogen and oxygen atoms in total. The molecule has 120 valence electrons. The van der Waals surface area contributed by atoms with Gasteiger partial charge >= 0.3 is 0 Å². The minimum atomic E-state index is 0.229. The molecule has 0 bridgehead atoms. The summed E-state index contributed by atoms with van der Waals surface area (Å²) in [4.78, 5) is 9.19. The van der Waals surface area contributed by atoms with Gasteiger partial charge in [-0.25, -0.2) is 9.97 Å². The molecule has 1 saturated carbocycles. The fraction of sp³-hybridized carbons (Fsp3) is 0.438. The van der Waals surface area contributed by atoms with E-state index in [9.17, 15) is 0 Å². The van der Waals surface area contributed by atoms with Gasteiger partial charge in [0.1, 0.15) is 11.3 Å². The molecule has 2 aromatic heterocycles. The second-order valence-corrected chi connectivity index (χ2v) is 6.16. The van der Waals surface area contributed by atoms with Crippen LogP contribution in [-0.2, 0) is 0 Å². The van der Waals surface area contributed by atoms with Crippen LogP contribution >= 0.6 is 0 Å². The highest BCUT2D eigenvalue weighted by Gasteiger charge is 2.25. The number of nitrogens with zero attached hydrogens (tertiary/aromatic N) is 4. The monoisotopic (exact) mass is 312 g/mol. The van der Waals surface area contributed by atoms with Crippen molar-refractivity contribution in [3.63, 3.8) is 0 Å². The molecule has 3 aromatic rings. The van der Waals surface area contributed by atoms with Crippen molar-refractivity contribution in [2.75, 3.05) is 12.8 Å². The van der Waals surface area contributed by atoms with Gasteiger partial charge < -0.3 is 16.2 Å².